The van der Waals surface area contributed by atoms with Crippen LogP contribution < -0.4 is 5.69 Å². The molecule has 0 aliphatic carbocycles. The van der Waals surface area contributed by atoms with E-state index < -0.39 is 0 Å². The number of halogens is 1. The van der Waals surface area contributed by atoms with Crippen LogP contribution in [0.1, 0.15) is 5.69 Å². The molecule has 0 aliphatic rings. The lowest BCUT2D eigenvalue weighted by molar-refractivity contribution is 0.649. The summed E-state index contributed by atoms with van der Waals surface area (Å²) in [5, 5.41) is 7.85. The van der Waals surface area contributed by atoms with Gasteiger partial charge in [-0.3, -0.25) is 4.40 Å². The lowest BCUT2D eigenvalue weighted by Crippen LogP contribution is -2.21. The molecule has 1 aromatic carbocycles. The molecule has 114 valence electrons. The smallest absolute Gasteiger partial charge is 0.250 e. The number of rotatable bonds is 3. The van der Waals surface area contributed by atoms with Gasteiger partial charge in [-0.15, -0.1) is 16.4 Å². The summed E-state index contributed by atoms with van der Waals surface area (Å²) < 4.78 is 2.95. The predicted octanol–water partition coefficient (Wildman–Crippen LogP) is 3.32. The zero-order valence-corrected chi connectivity index (χ0v) is 13.5. The first kappa shape index (κ1) is 14.2. The third kappa shape index (κ3) is 2.67. The fourth-order valence-electron chi connectivity index (χ4n) is 2.33. The number of thiazole rings is 1. The number of fused-ring (bicyclic) bond motifs is 1. The molecule has 0 saturated heterocycles. The van der Waals surface area contributed by atoms with Crippen LogP contribution in [0.2, 0.25) is 5.02 Å². The van der Waals surface area contributed by atoms with E-state index in [4.69, 9.17) is 11.6 Å². The molecule has 0 spiro atoms. The lowest BCUT2D eigenvalue weighted by atomic mass is 10.2. The molecule has 0 radical (unpaired) electrons. The first-order valence-electron chi connectivity index (χ1n) is 6.95. The molecule has 0 amide bonds. The molecule has 0 saturated carbocycles. The van der Waals surface area contributed by atoms with Gasteiger partial charge in [-0.1, -0.05) is 29.8 Å². The monoisotopic (exact) mass is 342 g/mol. The second-order valence-corrected chi connectivity index (χ2v) is 6.31. The number of benzene rings is 1. The summed E-state index contributed by atoms with van der Waals surface area (Å²) in [7, 11) is 0. The zero-order valence-electron chi connectivity index (χ0n) is 11.9. The summed E-state index contributed by atoms with van der Waals surface area (Å²) in [5.41, 5.74) is 2.28. The van der Waals surface area contributed by atoms with Crippen molar-refractivity contribution in [3.8, 4) is 10.6 Å². The summed E-state index contributed by atoms with van der Waals surface area (Å²) in [6.07, 6.45) is 1.71. The van der Waals surface area contributed by atoms with Gasteiger partial charge in [0.05, 0.1) is 12.2 Å². The molecule has 4 aromatic rings. The van der Waals surface area contributed by atoms with Gasteiger partial charge in [0.25, 0.3) is 0 Å². The Balaban J connectivity index is 1.65. The number of hydrogen-bond donors (Lipinski definition) is 0. The van der Waals surface area contributed by atoms with E-state index in [1.807, 2.05) is 41.8 Å². The number of hydrogen-bond acceptors (Lipinski definition) is 4. The Morgan fingerprint density at radius 1 is 1.13 bits per heavy atom. The SMILES string of the molecule is O=c1n(Cc2csc(-c3ccc(Cl)cc3)n2)nc2ccccn12. The highest BCUT2D eigenvalue weighted by atomic mass is 35.5. The van der Waals surface area contributed by atoms with Crippen LogP contribution in [0.3, 0.4) is 0 Å². The maximum atomic E-state index is 12.3. The van der Waals surface area contributed by atoms with Crippen molar-refractivity contribution in [1.29, 1.82) is 0 Å². The van der Waals surface area contributed by atoms with Crippen molar-refractivity contribution in [2.24, 2.45) is 0 Å². The highest BCUT2D eigenvalue weighted by molar-refractivity contribution is 7.13. The molecule has 0 aliphatic heterocycles. The van der Waals surface area contributed by atoms with Crippen LogP contribution in [-0.4, -0.2) is 19.2 Å². The maximum absolute atomic E-state index is 12.3. The van der Waals surface area contributed by atoms with Crippen molar-refractivity contribution < 1.29 is 0 Å². The Bertz CT molecular complexity index is 1030. The third-order valence-electron chi connectivity index (χ3n) is 3.44. The van der Waals surface area contributed by atoms with Crippen molar-refractivity contribution in [2.45, 2.75) is 6.54 Å². The molecule has 3 heterocycles. The van der Waals surface area contributed by atoms with E-state index in [9.17, 15) is 4.79 Å². The summed E-state index contributed by atoms with van der Waals surface area (Å²) in [6, 6.07) is 13.0. The van der Waals surface area contributed by atoms with Gasteiger partial charge >= 0.3 is 5.69 Å². The zero-order chi connectivity index (χ0) is 15.8. The van der Waals surface area contributed by atoms with Crippen molar-refractivity contribution >= 4 is 28.6 Å². The Morgan fingerprint density at radius 3 is 2.74 bits per heavy atom. The van der Waals surface area contributed by atoms with Crippen molar-refractivity contribution in [3.63, 3.8) is 0 Å². The minimum atomic E-state index is -0.165. The second-order valence-electron chi connectivity index (χ2n) is 5.02. The van der Waals surface area contributed by atoms with Crippen LogP contribution in [0.4, 0.5) is 0 Å². The highest BCUT2D eigenvalue weighted by Gasteiger charge is 2.10. The van der Waals surface area contributed by atoms with Crippen LogP contribution in [0.25, 0.3) is 16.2 Å². The van der Waals surface area contributed by atoms with Gasteiger partial charge in [-0.2, -0.15) is 0 Å². The lowest BCUT2D eigenvalue weighted by Gasteiger charge is -1.97. The van der Waals surface area contributed by atoms with E-state index in [1.165, 1.54) is 20.4 Å². The quantitative estimate of drug-likeness (QED) is 0.574. The third-order valence-corrected chi connectivity index (χ3v) is 4.64. The highest BCUT2D eigenvalue weighted by Crippen LogP contribution is 2.25. The predicted molar refractivity (Wildman–Crippen MR) is 91.1 cm³/mol. The topological polar surface area (TPSA) is 52.2 Å². The largest absolute Gasteiger partial charge is 0.350 e. The van der Waals surface area contributed by atoms with E-state index in [2.05, 4.69) is 10.1 Å². The Hall–Kier alpha value is -2.44. The van der Waals surface area contributed by atoms with Gasteiger partial charge in [0.15, 0.2) is 5.65 Å². The van der Waals surface area contributed by atoms with Gasteiger partial charge in [-0.25, -0.2) is 14.5 Å². The van der Waals surface area contributed by atoms with Crippen LogP contribution in [0.15, 0.2) is 58.8 Å². The van der Waals surface area contributed by atoms with Gasteiger partial charge < -0.3 is 0 Å². The number of aromatic nitrogens is 4. The molecule has 4 rings (SSSR count). The fraction of sp³-hybridized carbons (Fsp3) is 0.0625. The van der Waals surface area contributed by atoms with E-state index in [0.29, 0.717) is 17.2 Å². The van der Waals surface area contributed by atoms with Crippen molar-refractivity contribution in [2.75, 3.05) is 0 Å². The van der Waals surface area contributed by atoms with Gasteiger partial charge in [-0.05, 0) is 24.3 Å². The molecule has 0 fully saturated rings. The molecule has 0 unspecified atom stereocenters. The Morgan fingerprint density at radius 2 is 1.96 bits per heavy atom. The minimum absolute atomic E-state index is 0.165. The fourth-order valence-corrected chi connectivity index (χ4v) is 3.27. The summed E-state index contributed by atoms with van der Waals surface area (Å²) in [4.78, 5) is 16.9. The molecule has 7 heteroatoms. The molecular formula is C16H11ClN4OS. The normalized spacial score (nSPS) is 11.2. The molecule has 5 nitrogen and oxygen atoms in total. The summed E-state index contributed by atoms with van der Waals surface area (Å²) in [6.45, 7) is 0.352. The summed E-state index contributed by atoms with van der Waals surface area (Å²) in [5.74, 6) is 0. The standard InChI is InChI=1S/C16H11ClN4OS/c17-12-6-4-11(5-7-12)15-18-13(10-23-15)9-21-16(22)20-8-2-1-3-14(20)19-21/h1-8,10H,9H2. The average Bonchev–Trinajstić information content (AvgIpc) is 3.15. The molecule has 0 atom stereocenters. The Labute approximate surface area is 140 Å². The molecule has 0 N–H and O–H groups in total. The summed E-state index contributed by atoms with van der Waals surface area (Å²) >= 11 is 7.44. The number of pyridine rings is 1. The molecular weight excluding hydrogens is 332 g/mol. The van der Waals surface area contributed by atoms with Crippen LogP contribution in [-0.2, 0) is 6.54 Å². The van der Waals surface area contributed by atoms with Crippen LogP contribution in [0.5, 0.6) is 0 Å². The Kier molecular flexibility index (Phi) is 3.48. The van der Waals surface area contributed by atoms with Crippen molar-refractivity contribution in [3.05, 3.63) is 75.2 Å². The average molecular weight is 343 g/mol. The van der Waals surface area contributed by atoms with E-state index >= 15 is 0 Å². The van der Waals surface area contributed by atoms with Crippen molar-refractivity contribution in [1.82, 2.24) is 19.2 Å². The number of nitrogens with zero attached hydrogens (tertiary/aromatic N) is 4. The first-order chi connectivity index (χ1) is 11.2. The van der Waals surface area contributed by atoms with Gasteiger partial charge in [0.1, 0.15) is 5.01 Å². The van der Waals surface area contributed by atoms with Crippen LogP contribution in [0, 0.1) is 0 Å². The van der Waals surface area contributed by atoms with E-state index in [0.717, 1.165) is 16.3 Å². The molecule has 3 aromatic heterocycles. The van der Waals surface area contributed by atoms with Crippen LogP contribution >= 0.6 is 22.9 Å². The maximum Gasteiger partial charge on any atom is 0.350 e. The second kappa shape index (κ2) is 5.64. The minimum Gasteiger partial charge on any atom is -0.250 e. The molecule has 23 heavy (non-hydrogen) atoms. The van der Waals surface area contributed by atoms with Gasteiger partial charge in [0, 0.05) is 22.2 Å². The first-order valence-corrected chi connectivity index (χ1v) is 8.21. The van der Waals surface area contributed by atoms with E-state index in [1.54, 1.807) is 12.3 Å². The molecule has 0 bridgehead atoms. The van der Waals surface area contributed by atoms with E-state index in [-0.39, 0.29) is 5.69 Å². The van der Waals surface area contributed by atoms with Gasteiger partial charge in [0.2, 0.25) is 0 Å².